The van der Waals surface area contributed by atoms with E-state index in [1.807, 2.05) is 0 Å². The minimum Gasteiger partial charge on any atom is -0.428 e. The Bertz CT molecular complexity index is 11.7. The molecule has 0 saturated heterocycles. The van der Waals surface area contributed by atoms with Crippen LogP contribution in [0.15, 0.2) is 0 Å². The largest absolute Gasteiger partial charge is 2.00 e. The summed E-state index contributed by atoms with van der Waals surface area (Å²) in [6.07, 6.45) is 0. The molecule has 0 amide bonds. The van der Waals surface area contributed by atoms with Crippen molar-refractivity contribution in [2.45, 2.75) is 0 Å². The second-order valence-electron chi connectivity index (χ2n) is 0.447. The Hall–Kier alpha value is 0.634. The standard InChI is InChI=1S/2C2H5O.Ti/c2*1-2-3;/h2*3H,1-2H2;/q2*-1;+2. The molecular weight excluding hydrogens is 128 g/mol. The van der Waals surface area contributed by atoms with Crippen LogP contribution in [0.3, 0.4) is 0 Å². The molecule has 0 rings (SSSR count). The number of rotatable bonds is 0. The van der Waals surface area contributed by atoms with Gasteiger partial charge in [-0.2, -0.15) is 0 Å². The van der Waals surface area contributed by atoms with E-state index in [-0.39, 0.29) is 34.9 Å². The monoisotopic (exact) mass is 138 g/mol. The molecule has 0 aromatic carbocycles. The van der Waals surface area contributed by atoms with Crippen LogP contribution in [0.2, 0.25) is 0 Å². The Balaban J connectivity index is -0.0000000400. The van der Waals surface area contributed by atoms with Crippen molar-refractivity contribution >= 4 is 0 Å². The second kappa shape index (κ2) is 30.3. The van der Waals surface area contributed by atoms with Gasteiger partial charge in [0, 0.05) is 0 Å². The Morgan fingerprint density at radius 3 is 1.00 bits per heavy atom. The van der Waals surface area contributed by atoms with Crippen LogP contribution in [0.5, 0.6) is 0 Å². The summed E-state index contributed by atoms with van der Waals surface area (Å²) in [7, 11) is 0. The number of aliphatic hydroxyl groups excluding tert-OH is 2. The van der Waals surface area contributed by atoms with Gasteiger partial charge in [0.25, 0.3) is 0 Å². The molecule has 7 heavy (non-hydrogen) atoms. The first-order chi connectivity index (χ1) is 2.83. The van der Waals surface area contributed by atoms with Crippen molar-refractivity contribution in [3.05, 3.63) is 13.8 Å². The molecule has 0 fully saturated rings. The third-order valence-corrected chi connectivity index (χ3v) is 0. The van der Waals surface area contributed by atoms with Gasteiger partial charge in [-0.1, -0.05) is 13.2 Å². The van der Waals surface area contributed by atoms with Crippen molar-refractivity contribution in [3.63, 3.8) is 0 Å². The predicted octanol–water partition coefficient (Wildman–Crippen LogP) is -0.377. The third kappa shape index (κ3) is 354. The van der Waals surface area contributed by atoms with Gasteiger partial charge in [-0.3, -0.25) is 0 Å². The van der Waals surface area contributed by atoms with E-state index in [1.165, 1.54) is 0 Å². The first-order valence-corrected chi connectivity index (χ1v) is 1.63. The van der Waals surface area contributed by atoms with Crippen LogP contribution in [0.25, 0.3) is 0 Å². The summed E-state index contributed by atoms with van der Waals surface area (Å²) < 4.78 is 0. The second-order valence-corrected chi connectivity index (χ2v) is 0.447. The van der Waals surface area contributed by atoms with Crippen LogP contribution in [0.4, 0.5) is 0 Å². The third-order valence-electron chi connectivity index (χ3n) is 0. The van der Waals surface area contributed by atoms with Crippen LogP contribution in [0, 0.1) is 13.8 Å². The van der Waals surface area contributed by atoms with Crippen LogP contribution >= 0.6 is 0 Å². The van der Waals surface area contributed by atoms with E-state index in [4.69, 9.17) is 10.2 Å². The fourth-order valence-electron chi connectivity index (χ4n) is 0. The normalized spacial score (nSPS) is 5.14. The average molecular weight is 138 g/mol. The van der Waals surface area contributed by atoms with Crippen LogP contribution in [-0.4, -0.2) is 23.4 Å². The molecule has 0 aromatic rings. The molecular formula is C4H10O2Ti. The SMILES string of the molecule is [CH2-]CO.[CH2-]CO.[Ti+2]. The summed E-state index contributed by atoms with van der Waals surface area (Å²) in [4.78, 5) is 0. The summed E-state index contributed by atoms with van der Waals surface area (Å²) >= 11 is 0. The maximum Gasteiger partial charge on any atom is 2.00 e. The van der Waals surface area contributed by atoms with Crippen LogP contribution in [0.1, 0.15) is 0 Å². The van der Waals surface area contributed by atoms with Crippen LogP contribution < -0.4 is 0 Å². The molecule has 0 atom stereocenters. The summed E-state index contributed by atoms with van der Waals surface area (Å²) in [5.74, 6) is 0. The zero-order valence-electron chi connectivity index (χ0n) is 4.22. The molecule has 0 spiro atoms. The van der Waals surface area contributed by atoms with Gasteiger partial charge in [0.2, 0.25) is 0 Å². The van der Waals surface area contributed by atoms with Gasteiger partial charge in [0.05, 0.1) is 0 Å². The molecule has 2 N–H and O–H groups in total. The summed E-state index contributed by atoms with van der Waals surface area (Å²) in [6, 6.07) is 0. The van der Waals surface area contributed by atoms with Crippen molar-refractivity contribution in [2.24, 2.45) is 0 Å². The molecule has 0 aromatic heterocycles. The summed E-state index contributed by atoms with van der Waals surface area (Å²) in [6.45, 7) is 6.08. The Morgan fingerprint density at radius 1 is 1.00 bits per heavy atom. The molecule has 0 aliphatic rings. The number of hydrogen-bond acceptors (Lipinski definition) is 2. The van der Waals surface area contributed by atoms with Crippen molar-refractivity contribution in [3.8, 4) is 0 Å². The molecule has 0 saturated carbocycles. The molecule has 0 unspecified atom stereocenters. The fourth-order valence-corrected chi connectivity index (χ4v) is 0. The van der Waals surface area contributed by atoms with Gasteiger partial charge < -0.3 is 24.1 Å². The molecule has 0 radical (unpaired) electrons. The average Bonchev–Trinajstić information content (AvgIpc) is 1.39. The zero-order chi connectivity index (χ0) is 5.41. The van der Waals surface area contributed by atoms with Gasteiger partial charge in [0.15, 0.2) is 0 Å². The van der Waals surface area contributed by atoms with E-state index in [0.717, 1.165) is 0 Å². The van der Waals surface area contributed by atoms with Crippen LogP contribution in [-0.2, 0) is 21.7 Å². The van der Waals surface area contributed by atoms with Gasteiger partial charge in [0.1, 0.15) is 0 Å². The van der Waals surface area contributed by atoms with Gasteiger partial charge in [-0.15, -0.1) is 0 Å². The Labute approximate surface area is 59.4 Å². The summed E-state index contributed by atoms with van der Waals surface area (Å²) in [5.41, 5.74) is 0. The fraction of sp³-hybridized carbons (Fsp3) is 0.500. The van der Waals surface area contributed by atoms with E-state index in [0.29, 0.717) is 0 Å². The maximum absolute atomic E-state index is 7.46. The molecule has 42 valence electrons. The van der Waals surface area contributed by atoms with Crippen molar-refractivity contribution in [1.82, 2.24) is 0 Å². The molecule has 0 aliphatic heterocycles. The first kappa shape index (κ1) is 15.6. The van der Waals surface area contributed by atoms with Gasteiger partial charge in [-0.25, -0.2) is 0 Å². The molecule has 0 aliphatic carbocycles. The topological polar surface area (TPSA) is 40.5 Å². The molecule has 2 nitrogen and oxygen atoms in total. The molecule has 0 bridgehead atoms. The predicted molar refractivity (Wildman–Crippen MR) is 24.9 cm³/mol. The minimum absolute atomic E-state index is 0. The van der Waals surface area contributed by atoms with Crippen molar-refractivity contribution in [2.75, 3.05) is 13.2 Å². The van der Waals surface area contributed by atoms with E-state index in [2.05, 4.69) is 13.8 Å². The van der Waals surface area contributed by atoms with E-state index < -0.39 is 0 Å². The first-order valence-electron chi connectivity index (χ1n) is 1.63. The Morgan fingerprint density at radius 2 is 1.00 bits per heavy atom. The van der Waals surface area contributed by atoms with Gasteiger partial charge >= 0.3 is 21.7 Å². The van der Waals surface area contributed by atoms with Gasteiger partial charge in [-0.05, 0) is 0 Å². The van der Waals surface area contributed by atoms with E-state index in [1.54, 1.807) is 0 Å². The smallest absolute Gasteiger partial charge is 0.428 e. The zero-order valence-corrected chi connectivity index (χ0v) is 5.78. The molecule has 3 heteroatoms. The maximum atomic E-state index is 7.46. The minimum atomic E-state index is 0. The molecule has 0 heterocycles. The van der Waals surface area contributed by atoms with E-state index >= 15 is 0 Å². The number of hydrogen-bond donors (Lipinski definition) is 2. The summed E-state index contributed by atoms with van der Waals surface area (Å²) in [5, 5.41) is 14.9. The van der Waals surface area contributed by atoms with Crippen molar-refractivity contribution < 1.29 is 31.9 Å². The Kier molecular flexibility index (Phi) is 67.8. The number of aliphatic hydroxyl groups is 2. The van der Waals surface area contributed by atoms with E-state index in [9.17, 15) is 0 Å². The van der Waals surface area contributed by atoms with Crippen molar-refractivity contribution in [1.29, 1.82) is 0 Å². The quantitative estimate of drug-likeness (QED) is 0.354.